The van der Waals surface area contributed by atoms with Crippen molar-refractivity contribution in [3.05, 3.63) is 75.1 Å². The molecular formula is C17H12BrClFN3O. The van der Waals surface area contributed by atoms with Gasteiger partial charge in [0.15, 0.2) is 0 Å². The fourth-order valence-corrected chi connectivity index (χ4v) is 2.77. The number of nitrogens with one attached hydrogen (secondary N) is 1. The highest BCUT2D eigenvalue weighted by Crippen LogP contribution is 2.22. The van der Waals surface area contributed by atoms with E-state index in [1.165, 1.54) is 12.1 Å². The quantitative estimate of drug-likeness (QED) is 0.664. The van der Waals surface area contributed by atoms with Crippen molar-refractivity contribution in [1.29, 1.82) is 0 Å². The molecule has 1 heterocycles. The highest BCUT2D eigenvalue weighted by molar-refractivity contribution is 9.10. The zero-order valence-corrected chi connectivity index (χ0v) is 14.9. The number of hydrogen-bond acceptors (Lipinski definition) is 2. The second-order valence-electron chi connectivity index (χ2n) is 5.14. The van der Waals surface area contributed by atoms with Crippen molar-refractivity contribution in [2.24, 2.45) is 0 Å². The third-order valence-electron chi connectivity index (χ3n) is 3.30. The number of aromatic nitrogens is 2. The Morgan fingerprint density at radius 1 is 1.25 bits per heavy atom. The summed E-state index contributed by atoms with van der Waals surface area (Å²) in [6.07, 6.45) is 0. The van der Waals surface area contributed by atoms with Gasteiger partial charge in [0, 0.05) is 15.6 Å². The van der Waals surface area contributed by atoms with Crippen LogP contribution in [0.4, 0.5) is 10.2 Å². The lowest BCUT2D eigenvalue weighted by atomic mass is 10.2. The van der Waals surface area contributed by atoms with Crippen molar-refractivity contribution in [2.45, 2.75) is 6.92 Å². The molecule has 4 nitrogen and oxygen atoms in total. The molecule has 0 saturated heterocycles. The number of anilines is 1. The summed E-state index contributed by atoms with van der Waals surface area (Å²) in [5.41, 5.74) is 1.36. The molecule has 0 spiro atoms. The smallest absolute Gasteiger partial charge is 0.259 e. The van der Waals surface area contributed by atoms with E-state index in [4.69, 9.17) is 11.6 Å². The molecule has 1 aromatic heterocycles. The maximum atomic E-state index is 14.0. The zero-order valence-electron chi connectivity index (χ0n) is 12.6. The highest BCUT2D eigenvalue weighted by Gasteiger charge is 2.16. The van der Waals surface area contributed by atoms with Crippen molar-refractivity contribution in [2.75, 3.05) is 5.32 Å². The number of carbonyl (C=O) groups is 1. The summed E-state index contributed by atoms with van der Waals surface area (Å²) < 4.78 is 16.1. The van der Waals surface area contributed by atoms with Gasteiger partial charge in [-0.2, -0.15) is 5.10 Å². The van der Waals surface area contributed by atoms with Gasteiger partial charge in [-0.3, -0.25) is 4.79 Å². The van der Waals surface area contributed by atoms with E-state index in [2.05, 4.69) is 26.3 Å². The summed E-state index contributed by atoms with van der Waals surface area (Å²) in [5.74, 6) is -0.724. The number of nitrogens with zero attached hydrogens (tertiary/aromatic N) is 2. The molecule has 0 fully saturated rings. The fourth-order valence-electron chi connectivity index (χ4n) is 2.25. The fraction of sp³-hybridized carbons (Fsp3) is 0.0588. The Labute approximate surface area is 151 Å². The Kier molecular flexibility index (Phi) is 4.69. The maximum absolute atomic E-state index is 14.0. The standard InChI is InChI=1S/C17H12BrClFN3O/c1-10-7-16(23(22-10)13-4-2-3-12(19)9-13)21-17(24)14-6-5-11(18)8-15(14)20/h2-9H,1H3,(H,21,24). The summed E-state index contributed by atoms with van der Waals surface area (Å²) in [5, 5.41) is 7.59. The first kappa shape index (κ1) is 16.7. The van der Waals surface area contributed by atoms with Gasteiger partial charge < -0.3 is 5.32 Å². The molecule has 0 bridgehead atoms. The molecule has 3 rings (SSSR count). The Bertz CT molecular complexity index is 926. The van der Waals surface area contributed by atoms with Crippen LogP contribution in [0.5, 0.6) is 0 Å². The van der Waals surface area contributed by atoms with Crippen LogP contribution in [-0.2, 0) is 0 Å². The lowest BCUT2D eigenvalue weighted by Gasteiger charge is -2.10. The van der Waals surface area contributed by atoms with E-state index in [1.807, 2.05) is 6.07 Å². The van der Waals surface area contributed by atoms with E-state index >= 15 is 0 Å². The Balaban J connectivity index is 1.94. The molecule has 122 valence electrons. The zero-order chi connectivity index (χ0) is 17.3. The van der Waals surface area contributed by atoms with Gasteiger partial charge in [-0.1, -0.05) is 33.6 Å². The van der Waals surface area contributed by atoms with Crippen LogP contribution in [-0.4, -0.2) is 15.7 Å². The first-order chi connectivity index (χ1) is 11.4. The van der Waals surface area contributed by atoms with E-state index < -0.39 is 11.7 Å². The Morgan fingerprint density at radius 2 is 2.04 bits per heavy atom. The van der Waals surface area contributed by atoms with Gasteiger partial charge >= 0.3 is 0 Å². The van der Waals surface area contributed by atoms with Gasteiger partial charge in [-0.15, -0.1) is 0 Å². The van der Waals surface area contributed by atoms with E-state index in [0.29, 0.717) is 26.7 Å². The van der Waals surface area contributed by atoms with Crippen molar-refractivity contribution < 1.29 is 9.18 Å². The summed E-state index contributed by atoms with van der Waals surface area (Å²) in [4.78, 5) is 12.4. The SMILES string of the molecule is Cc1cc(NC(=O)c2ccc(Br)cc2F)n(-c2cccc(Cl)c2)n1. The summed E-state index contributed by atoms with van der Waals surface area (Å²) >= 11 is 9.17. The number of aryl methyl sites for hydroxylation is 1. The second kappa shape index (κ2) is 6.75. The molecule has 0 saturated carbocycles. The Hall–Kier alpha value is -2.18. The first-order valence-corrected chi connectivity index (χ1v) is 8.20. The number of halogens is 3. The first-order valence-electron chi connectivity index (χ1n) is 7.03. The average molecular weight is 409 g/mol. The number of carbonyl (C=O) groups excluding carboxylic acids is 1. The van der Waals surface area contributed by atoms with Crippen molar-refractivity contribution >= 4 is 39.3 Å². The number of rotatable bonds is 3. The molecule has 7 heteroatoms. The number of hydrogen-bond donors (Lipinski definition) is 1. The van der Waals surface area contributed by atoms with Crippen LogP contribution in [0, 0.1) is 12.7 Å². The van der Waals surface area contributed by atoms with Crippen LogP contribution in [0.25, 0.3) is 5.69 Å². The van der Waals surface area contributed by atoms with E-state index in [-0.39, 0.29) is 5.56 Å². The second-order valence-corrected chi connectivity index (χ2v) is 6.49. The van der Waals surface area contributed by atoms with Crippen molar-refractivity contribution in [1.82, 2.24) is 9.78 Å². The van der Waals surface area contributed by atoms with E-state index in [9.17, 15) is 9.18 Å². The predicted octanol–water partition coefficient (Wildman–Crippen LogP) is 4.99. The molecular weight excluding hydrogens is 397 g/mol. The third kappa shape index (κ3) is 3.49. The highest BCUT2D eigenvalue weighted by atomic mass is 79.9. The average Bonchev–Trinajstić information content (AvgIpc) is 2.87. The molecule has 0 unspecified atom stereocenters. The Morgan fingerprint density at radius 3 is 2.75 bits per heavy atom. The van der Waals surface area contributed by atoms with Gasteiger partial charge in [0.1, 0.15) is 11.6 Å². The van der Waals surface area contributed by atoms with Crippen LogP contribution in [0.3, 0.4) is 0 Å². The van der Waals surface area contributed by atoms with Crippen molar-refractivity contribution in [3.63, 3.8) is 0 Å². The summed E-state index contributed by atoms with van der Waals surface area (Å²) in [6, 6.07) is 13.0. The number of amides is 1. The van der Waals surface area contributed by atoms with E-state index in [1.54, 1.807) is 41.9 Å². The minimum Gasteiger partial charge on any atom is -0.306 e. The normalized spacial score (nSPS) is 10.7. The lowest BCUT2D eigenvalue weighted by molar-refractivity contribution is 0.102. The molecule has 1 N–H and O–H groups in total. The van der Waals surface area contributed by atoms with Crippen LogP contribution in [0.1, 0.15) is 16.1 Å². The maximum Gasteiger partial charge on any atom is 0.259 e. The van der Waals surface area contributed by atoms with Gasteiger partial charge in [-0.25, -0.2) is 9.07 Å². The summed E-state index contributed by atoms with van der Waals surface area (Å²) in [7, 11) is 0. The summed E-state index contributed by atoms with van der Waals surface area (Å²) in [6.45, 7) is 1.80. The van der Waals surface area contributed by atoms with Crippen LogP contribution >= 0.6 is 27.5 Å². The van der Waals surface area contributed by atoms with Crippen molar-refractivity contribution in [3.8, 4) is 5.69 Å². The molecule has 1 amide bonds. The van der Waals surface area contributed by atoms with Gasteiger partial charge in [0.05, 0.1) is 16.9 Å². The molecule has 24 heavy (non-hydrogen) atoms. The van der Waals surface area contributed by atoms with Crippen LogP contribution in [0.2, 0.25) is 5.02 Å². The minimum absolute atomic E-state index is 0.0466. The molecule has 0 radical (unpaired) electrons. The molecule has 0 aliphatic heterocycles. The van der Waals surface area contributed by atoms with Crippen LogP contribution < -0.4 is 5.32 Å². The van der Waals surface area contributed by atoms with Gasteiger partial charge in [0.25, 0.3) is 5.91 Å². The molecule has 2 aromatic carbocycles. The predicted molar refractivity (Wildman–Crippen MR) is 95.4 cm³/mol. The topological polar surface area (TPSA) is 46.9 Å². The minimum atomic E-state index is -0.604. The molecule has 0 aliphatic rings. The largest absolute Gasteiger partial charge is 0.306 e. The monoisotopic (exact) mass is 407 g/mol. The van der Waals surface area contributed by atoms with E-state index in [0.717, 1.165) is 0 Å². The van der Waals surface area contributed by atoms with Crippen LogP contribution in [0.15, 0.2) is 53.0 Å². The molecule has 3 aromatic rings. The lowest BCUT2D eigenvalue weighted by Crippen LogP contribution is -2.16. The molecule has 0 aliphatic carbocycles. The third-order valence-corrected chi connectivity index (χ3v) is 4.03. The number of benzene rings is 2. The molecule has 0 atom stereocenters. The van der Waals surface area contributed by atoms with Gasteiger partial charge in [-0.05, 0) is 43.3 Å². The van der Waals surface area contributed by atoms with Gasteiger partial charge in [0.2, 0.25) is 0 Å².